The summed E-state index contributed by atoms with van der Waals surface area (Å²) in [5.41, 5.74) is 8.01. The first-order valence-electron chi connectivity index (χ1n) is 6.82. The minimum absolute atomic E-state index is 0.467. The Morgan fingerprint density at radius 3 is 2.91 bits per heavy atom. The lowest BCUT2D eigenvalue weighted by molar-refractivity contribution is 0.415. The summed E-state index contributed by atoms with van der Waals surface area (Å²) in [6.45, 7) is 0. The van der Waals surface area contributed by atoms with E-state index >= 15 is 0 Å². The Hall–Kier alpha value is -3.00. The highest BCUT2D eigenvalue weighted by molar-refractivity contribution is 7.21. The van der Waals surface area contributed by atoms with Gasteiger partial charge in [-0.05, 0) is 30.3 Å². The van der Waals surface area contributed by atoms with Crippen molar-refractivity contribution in [3.05, 3.63) is 42.7 Å². The third kappa shape index (κ3) is 2.49. The number of anilines is 1. The zero-order valence-corrected chi connectivity index (χ0v) is 13.0. The molecule has 8 heteroatoms. The number of methoxy groups -OCH3 is 1. The van der Waals surface area contributed by atoms with Gasteiger partial charge in [-0.15, -0.1) is 16.4 Å². The summed E-state index contributed by atoms with van der Waals surface area (Å²) < 4.78 is 7.93. The fourth-order valence-electron chi connectivity index (χ4n) is 2.16. The van der Waals surface area contributed by atoms with Gasteiger partial charge < -0.3 is 10.5 Å². The first-order chi connectivity index (χ1) is 11.2. The van der Waals surface area contributed by atoms with E-state index in [0.29, 0.717) is 11.5 Å². The van der Waals surface area contributed by atoms with Gasteiger partial charge in [0.25, 0.3) is 0 Å². The minimum Gasteiger partial charge on any atom is -0.497 e. The summed E-state index contributed by atoms with van der Waals surface area (Å²) in [5, 5.41) is 9.13. The van der Waals surface area contributed by atoms with Gasteiger partial charge in [0.05, 0.1) is 35.4 Å². The molecular formula is C15H12N6OS. The van der Waals surface area contributed by atoms with Crippen LogP contribution in [0.4, 0.5) is 5.82 Å². The molecule has 0 aliphatic rings. The van der Waals surface area contributed by atoms with Crippen molar-refractivity contribution in [3.63, 3.8) is 0 Å². The Balaban J connectivity index is 1.72. The molecule has 0 aliphatic carbocycles. The highest BCUT2D eigenvalue weighted by Gasteiger charge is 2.11. The minimum atomic E-state index is 0.467. The number of pyridine rings is 1. The monoisotopic (exact) mass is 324 g/mol. The number of ether oxygens (including phenoxy) is 1. The molecule has 23 heavy (non-hydrogen) atoms. The van der Waals surface area contributed by atoms with Crippen molar-refractivity contribution in [2.45, 2.75) is 0 Å². The molecule has 0 fully saturated rings. The largest absolute Gasteiger partial charge is 0.497 e. The SMILES string of the molecule is COc1ccc2nc(-c3cn(-c4ccc(N)nc4)nn3)sc2c1. The van der Waals surface area contributed by atoms with Crippen molar-refractivity contribution in [1.82, 2.24) is 25.0 Å². The summed E-state index contributed by atoms with van der Waals surface area (Å²) in [5.74, 6) is 1.28. The molecule has 0 unspecified atom stereocenters. The Bertz CT molecular complexity index is 975. The molecule has 0 radical (unpaired) electrons. The highest BCUT2D eigenvalue weighted by Crippen LogP contribution is 2.31. The molecule has 7 nitrogen and oxygen atoms in total. The van der Waals surface area contributed by atoms with E-state index in [1.165, 1.54) is 0 Å². The van der Waals surface area contributed by atoms with Crippen LogP contribution in [0.2, 0.25) is 0 Å². The van der Waals surface area contributed by atoms with Gasteiger partial charge in [0, 0.05) is 0 Å². The molecule has 0 atom stereocenters. The second kappa shape index (κ2) is 5.33. The molecule has 0 saturated carbocycles. The normalized spacial score (nSPS) is 11.0. The average molecular weight is 324 g/mol. The maximum atomic E-state index is 5.59. The van der Waals surface area contributed by atoms with E-state index < -0.39 is 0 Å². The number of aromatic nitrogens is 5. The number of fused-ring (bicyclic) bond motifs is 1. The molecule has 0 saturated heterocycles. The number of nitrogens with zero attached hydrogens (tertiary/aromatic N) is 5. The standard InChI is InChI=1S/C15H12N6OS/c1-22-10-3-4-11-13(6-10)23-15(18-11)12-8-21(20-19-12)9-2-5-14(16)17-7-9/h2-8H,1H3,(H2,16,17). The highest BCUT2D eigenvalue weighted by atomic mass is 32.1. The lowest BCUT2D eigenvalue weighted by Gasteiger charge is -1.98. The number of nitrogen functional groups attached to an aromatic ring is 1. The van der Waals surface area contributed by atoms with Gasteiger partial charge in [0.2, 0.25) is 0 Å². The topological polar surface area (TPSA) is 91.7 Å². The Morgan fingerprint density at radius 1 is 1.22 bits per heavy atom. The van der Waals surface area contributed by atoms with Crippen LogP contribution in [0, 0.1) is 0 Å². The van der Waals surface area contributed by atoms with Crippen molar-refractivity contribution in [2.24, 2.45) is 0 Å². The maximum Gasteiger partial charge on any atom is 0.146 e. The number of benzene rings is 1. The van der Waals surface area contributed by atoms with E-state index in [1.54, 1.807) is 35.4 Å². The Kier molecular flexibility index (Phi) is 3.16. The molecule has 3 heterocycles. The van der Waals surface area contributed by atoms with Crippen molar-refractivity contribution < 1.29 is 4.74 Å². The maximum absolute atomic E-state index is 5.59. The van der Waals surface area contributed by atoms with Crippen LogP contribution >= 0.6 is 11.3 Å². The Labute approximate surface area is 135 Å². The zero-order chi connectivity index (χ0) is 15.8. The second-order valence-electron chi connectivity index (χ2n) is 4.84. The number of rotatable bonds is 3. The van der Waals surface area contributed by atoms with Crippen LogP contribution < -0.4 is 10.5 Å². The fraction of sp³-hybridized carbons (Fsp3) is 0.0667. The van der Waals surface area contributed by atoms with E-state index in [-0.39, 0.29) is 0 Å². The summed E-state index contributed by atoms with van der Waals surface area (Å²) in [6.07, 6.45) is 3.47. The molecule has 3 aromatic heterocycles. The van der Waals surface area contributed by atoms with Crippen LogP contribution in [0.5, 0.6) is 5.75 Å². The average Bonchev–Trinajstić information content (AvgIpc) is 3.21. The van der Waals surface area contributed by atoms with Crippen LogP contribution in [0.1, 0.15) is 0 Å². The zero-order valence-electron chi connectivity index (χ0n) is 12.2. The first kappa shape index (κ1) is 13.6. The smallest absolute Gasteiger partial charge is 0.146 e. The van der Waals surface area contributed by atoms with E-state index in [0.717, 1.165) is 26.7 Å². The molecular weight excluding hydrogens is 312 g/mol. The molecule has 0 spiro atoms. The number of hydrogen-bond acceptors (Lipinski definition) is 7. The van der Waals surface area contributed by atoms with Crippen LogP contribution in [0.25, 0.3) is 26.6 Å². The molecule has 0 amide bonds. The third-order valence-corrected chi connectivity index (χ3v) is 4.38. The van der Waals surface area contributed by atoms with Gasteiger partial charge in [-0.1, -0.05) is 5.21 Å². The van der Waals surface area contributed by atoms with E-state index in [4.69, 9.17) is 10.5 Å². The van der Waals surface area contributed by atoms with E-state index in [9.17, 15) is 0 Å². The second-order valence-corrected chi connectivity index (χ2v) is 5.87. The van der Waals surface area contributed by atoms with Crippen LogP contribution in [0.15, 0.2) is 42.7 Å². The Morgan fingerprint density at radius 2 is 2.13 bits per heavy atom. The van der Waals surface area contributed by atoms with Gasteiger partial charge in [-0.25, -0.2) is 14.6 Å². The van der Waals surface area contributed by atoms with Crippen molar-refractivity contribution in [3.8, 4) is 22.1 Å². The molecule has 1 aromatic carbocycles. The molecule has 4 aromatic rings. The molecule has 114 valence electrons. The van der Waals surface area contributed by atoms with Crippen molar-refractivity contribution in [1.29, 1.82) is 0 Å². The molecule has 4 rings (SSSR count). The van der Waals surface area contributed by atoms with Gasteiger partial charge in [0.1, 0.15) is 22.3 Å². The first-order valence-corrected chi connectivity index (χ1v) is 7.64. The van der Waals surface area contributed by atoms with Gasteiger partial charge in [-0.2, -0.15) is 0 Å². The predicted molar refractivity (Wildman–Crippen MR) is 88.7 cm³/mol. The lowest BCUT2D eigenvalue weighted by Crippen LogP contribution is -1.97. The third-order valence-electron chi connectivity index (χ3n) is 3.34. The quantitative estimate of drug-likeness (QED) is 0.622. The van der Waals surface area contributed by atoms with Gasteiger partial charge in [-0.3, -0.25) is 0 Å². The molecule has 2 N–H and O–H groups in total. The summed E-state index contributed by atoms with van der Waals surface area (Å²) in [6, 6.07) is 9.35. The van der Waals surface area contributed by atoms with Crippen LogP contribution in [-0.4, -0.2) is 32.1 Å². The fourth-order valence-corrected chi connectivity index (χ4v) is 3.11. The van der Waals surface area contributed by atoms with E-state index in [1.807, 2.05) is 30.5 Å². The summed E-state index contributed by atoms with van der Waals surface area (Å²) in [7, 11) is 1.65. The predicted octanol–water partition coefficient (Wildman–Crippen LogP) is 2.53. The van der Waals surface area contributed by atoms with Gasteiger partial charge in [0.15, 0.2) is 0 Å². The van der Waals surface area contributed by atoms with Crippen LogP contribution in [-0.2, 0) is 0 Å². The van der Waals surface area contributed by atoms with Crippen molar-refractivity contribution >= 4 is 27.4 Å². The summed E-state index contributed by atoms with van der Waals surface area (Å²) in [4.78, 5) is 8.64. The molecule has 0 aliphatic heterocycles. The van der Waals surface area contributed by atoms with Crippen molar-refractivity contribution in [2.75, 3.05) is 12.8 Å². The lowest BCUT2D eigenvalue weighted by atomic mass is 10.3. The number of nitrogens with two attached hydrogens (primary N) is 1. The number of thiazole rings is 1. The summed E-state index contributed by atoms with van der Waals surface area (Å²) >= 11 is 1.55. The molecule has 0 bridgehead atoms. The van der Waals surface area contributed by atoms with Gasteiger partial charge >= 0.3 is 0 Å². The number of hydrogen-bond donors (Lipinski definition) is 1. The van der Waals surface area contributed by atoms with Crippen LogP contribution in [0.3, 0.4) is 0 Å². The van der Waals surface area contributed by atoms with E-state index in [2.05, 4.69) is 20.3 Å².